The Kier molecular flexibility index (Phi) is 7.68. The molecular weight excluding hydrogens is 575 g/mol. The lowest BCUT2D eigenvalue weighted by atomic mass is 10.2. The van der Waals surface area contributed by atoms with Gasteiger partial charge in [-0.25, -0.2) is 10.2 Å². The van der Waals surface area contributed by atoms with Crippen LogP contribution in [0.3, 0.4) is 0 Å². The van der Waals surface area contributed by atoms with Crippen LogP contribution in [0.15, 0.2) is 73.9 Å². The average Bonchev–Trinajstić information content (AvgIpc) is 3.62. The first-order valence-electron chi connectivity index (χ1n) is 12.0. The monoisotopic (exact) mass is 596 g/mol. The number of methoxy groups -OCH3 is 1. The number of hydrogen-bond donors (Lipinski definition) is 1. The van der Waals surface area contributed by atoms with Crippen LogP contribution in [0.2, 0.25) is 10.0 Å². The van der Waals surface area contributed by atoms with Gasteiger partial charge in [-0.2, -0.15) is 10.1 Å². The Hall–Kier alpha value is -4.81. The number of furan rings is 1. The Morgan fingerprint density at radius 1 is 1.10 bits per heavy atom. The average molecular weight is 597 g/mol. The quantitative estimate of drug-likeness (QED) is 0.212. The highest BCUT2D eigenvalue weighted by Gasteiger charge is 2.22. The van der Waals surface area contributed by atoms with Crippen molar-refractivity contribution in [2.45, 2.75) is 6.54 Å². The van der Waals surface area contributed by atoms with Gasteiger partial charge in [0.05, 0.1) is 26.1 Å². The number of rotatable bonds is 8. The molecule has 1 amide bonds. The highest BCUT2D eigenvalue weighted by molar-refractivity contribution is 6.35. The van der Waals surface area contributed by atoms with Gasteiger partial charge in [0, 0.05) is 24.1 Å². The normalized spacial score (nSPS) is 11.3. The number of carbonyl (C=O) groups excluding carboxylic acids is 1. The number of aromatic nitrogens is 4. The van der Waals surface area contributed by atoms with Gasteiger partial charge in [0.1, 0.15) is 0 Å². The topological polar surface area (TPSA) is 135 Å². The summed E-state index contributed by atoms with van der Waals surface area (Å²) in [5.74, 6) is 0.207. The fourth-order valence-electron chi connectivity index (χ4n) is 4.05. The van der Waals surface area contributed by atoms with Crippen LogP contribution in [0.1, 0.15) is 21.7 Å². The minimum absolute atomic E-state index is 0.0229. The number of nitrogens with one attached hydrogen (secondary N) is 1. The summed E-state index contributed by atoms with van der Waals surface area (Å²) in [6.07, 6.45) is 2.81. The molecule has 5 aromatic rings. The summed E-state index contributed by atoms with van der Waals surface area (Å²) >= 11 is 12.5. The molecule has 3 heterocycles. The molecule has 0 atom stereocenters. The second-order valence-electron chi connectivity index (χ2n) is 8.78. The number of imidazole rings is 1. The number of aryl methyl sites for hydroxylation is 1. The van der Waals surface area contributed by atoms with Gasteiger partial charge in [0.15, 0.2) is 28.4 Å². The zero-order valence-electron chi connectivity index (χ0n) is 21.9. The summed E-state index contributed by atoms with van der Waals surface area (Å²) in [5, 5.41) is 4.78. The first-order valence-corrected chi connectivity index (χ1v) is 12.8. The molecule has 0 aliphatic carbocycles. The van der Waals surface area contributed by atoms with Crippen molar-refractivity contribution >= 4 is 46.5 Å². The second kappa shape index (κ2) is 11.4. The van der Waals surface area contributed by atoms with Gasteiger partial charge in [-0.3, -0.25) is 23.3 Å². The highest BCUT2D eigenvalue weighted by Crippen LogP contribution is 2.33. The first-order chi connectivity index (χ1) is 19.7. The fourth-order valence-corrected chi connectivity index (χ4v) is 4.52. The minimum Gasteiger partial charge on any atom is -0.493 e. The van der Waals surface area contributed by atoms with E-state index in [9.17, 15) is 14.4 Å². The van der Waals surface area contributed by atoms with E-state index in [1.54, 1.807) is 42.5 Å². The SMILES string of the molecule is COc1cc(/C=N/NC(=O)c2ccco2)ccc1Oc1nc2c(c(=O)n(C)c(=O)n2C)n1Cc1ccc(Cl)cc1Cl. The zero-order chi connectivity index (χ0) is 29.3. The van der Waals surface area contributed by atoms with Crippen molar-refractivity contribution in [3.05, 3.63) is 103 Å². The minimum atomic E-state index is -0.550. The van der Waals surface area contributed by atoms with E-state index in [-0.39, 0.29) is 35.2 Å². The van der Waals surface area contributed by atoms with Crippen molar-refractivity contribution in [1.82, 2.24) is 24.1 Å². The van der Waals surface area contributed by atoms with E-state index in [2.05, 4.69) is 15.5 Å². The molecule has 0 spiro atoms. The van der Waals surface area contributed by atoms with E-state index in [0.29, 0.717) is 26.9 Å². The third kappa shape index (κ3) is 5.47. The molecule has 5 rings (SSSR count). The van der Waals surface area contributed by atoms with Gasteiger partial charge in [0.2, 0.25) is 0 Å². The lowest BCUT2D eigenvalue weighted by Crippen LogP contribution is -2.37. The number of ether oxygens (including phenoxy) is 2. The third-order valence-corrected chi connectivity index (χ3v) is 6.76. The van der Waals surface area contributed by atoms with Crippen LogP contribution in [-0.4, -0.2) is 37.9 Å². The largest absolute Gasteiger partial charge is 0.493 e. The van der Waals surface area contributed by atoms with Crippen LogP contribution in [-0.2, 0) is 20.6 Å². The van der Waals surface area contributed by atoms with E-state index in [1.165, 1.54) is 48.9 Å². The Bertz CT molecular complexity index is 1920. The molecule has 0 aliphatic heterocycles. The number of benzene rings is 2. The summed E-state index contributed by atoms with van der Waals surface area (Å²) in [6.45, 7) is 0.0949. The molecule has 3 aromatic heterocycles. The molecule has 0 radical (unpaired) electrons. The van der Waals surface area contributed by atoms with Gasteiger partial charge in [-0.1, -0.05) is 29.3 Å². The molecule has 0 saturated heterocycles. The Labute approximate surface area is 241 Å². The summed E-state index contributed by atoms with van der Waals surface area (Å²) in [5.41, 5.74) is 2.79. The smallest absolute Gasteiger partial charge is 0.332 e. The van der Waals surface area contributed by atoms with Crippen LogP contribution in [0.25, 0.3) is 11.2 Å². The molecule has 0 saturated carbocycles. The number of carbonyl (C=O) groups is 1. The molecule has 41 heavy (non-hydrogen) atoms. The van der Waals surface area contributed by atoms with E-state index in [4.69, 9.17) is 37.1 Å². The van der Waals surface area contributed by atoms with Gasteiger partial charge in [-0.05, 0) is 53.6 Å². The molecule has 1 N–H and O–H groups in total. The lowest BCUT2D eigenvalue weighted by molar-refractivity contribution is 0.0927. The fraction of sp³-hybridized carbons (Fsp3) is 0.148. The van der Waals surface area contributed by atoms with E-state index >= 15 is 0 Å². The van der Waals surface area contributed by atoms with E-state index in [1.807, 2.05) is 0 Å². The predicted molar refractivity (Wildman–Crippen MR) is 153 cm³/mol. The Balaban J connectivity index is 1.52. The summed E-state index contributed by atoms with van der Waals surface area (Å²) in [4.78, 5) is 42.3. The van der Waals surface area contributed by atoms with Gasteiger partial charge < -0.3 is 13.9 Å². The van der Waals surface area contributed by atoms with E-state index in [0.717, 1.165) is 4.57 Å². The van der Waals surface area contributed by atoms with Crippen LogP contribution >= 0.6 is 23.2 Å². The van der Waals surface area contributed by atoms with Crippen LogP contribution < -0.4 is 26.1 Å². The standard InChI is InChI=1S/C27H22Cl2N6O6/c1-33-23-22(25(37)34(2)27(33)38)35(14-16-7-8-17(28)12-18(16)29)26(31-23)41-19-9-6-15(11-21(19)39-3)13-30-32-24(36)20-5-4-10-40-20/h4-13H,14H2,1-3H3,(H,32,36)/b30-13+. The first kappa shape index (κ1) is 27.7. The molecular formula is C27H22Cl2N6O6. The number of hydrogen-bond acceptors (Lipinski definition) is 8. The van der Waals surface area contributed by atoms with Crippen molar-refractivity contribution < 1.29 is 18.7 Å². The number of halogens is 2. The van der Waals surface area contributed by atoms with Crippen LogP contribution in [0, 0.1) is 0 Å². The van der Waals surface area contributed by atoms with Crippen molar-refractivity contribution in [3.63, 3.8) is 0 Å². The number of hydrazone groups is 1. The van der Waals surface area contributed by atoms with Crippen LogP contribution in [0.4, 0.5) is 0 Å². The lowest BCUT2D eigenvalue weighted by Gasteiger charge is -2.13. The highest BCUT2D eigenvalue weighted by atomic mass is 35.5. The molecule has 14 heteroatoms. The maximum absolute atomic E-state index is 13.2. The Morgan fingerprint density at radius 2 is 1.90 bits per heavy atom. The molecule has 210 valence electrons. The van der Waals surface area contributed by atoms with Gasteiger partial charge >= 0.3 is 17.6 Å². The zero-order valence-corrected chi connectivity index (χ0v) is 23.4. The number of fused-ring (bicyclic) bond motifs is 1. The van der Waals surface area contributed by atoms with E-state index < -0.39 is 17.2 Å². The summed E-state index contributed by atoms with van der Waals surface area (Å²) in [6, 6.07) is 13.1. The predicted octanol–water partition coefficient (Wildman–Crippen LogP) is 3.95. The summed E-state index contributed by atoms with van der Waals surface area (Å²) in [7, 11) is 4.36. The van der Waals surface area contributed by atoms with Crippen LogP contribution in [0.5, 0.6) is 17.5 Å². The number of nitrogens with zero attached hydrogens (tertiary/aromatic N) is 5. The molecule has 12 nitrogen and oxygen atoms in total. The molecule has 0 fully saturated rings. The Morgan fingerprint density at radius 3 is 2.61 bits per heavy atom. The third-order valence-electron chi connectivity index (χ3n) is 6.17. The second-order valence-corrected chi connectivity index (χ2v) is 9.63. The summed E-state index contributed by atoms with van der Waals surface area (Å²) < 4.78 is 20.5. The maximum atomic E-state index is 13.2. The van der Waals surface area contributed by atoms with Gasteiger partial charge in [0.25, 0.3) is 5.56 Å². The van der Waals surface area contributed by atoms with Crippen molar-refractivity contribution in [2.24, 2.45) is 19.2 Å². The van der Waals surface area contributed by atoms with Crippen molar-refractivity contribution in [3.8, 4) is 17.5 Å². The molecule has 0 bridgehead atoms. The van der Waals surface area contributed by atoms with Crippen molar-refractivity contribution in [1.29, 1.82) is 0 Å². The molecule has 0 unspecified atom stereocenters. The van der Waals surface area contributed by atoms with Gasteiger partial charge in [-0.15, -0.1) is 0 Å². The van der Waals surface area contributed by atoms with Crippen molar-refractivity contribution in [2.75, 3.05) is 7.11 Å². The maximum Gasteiger partial charge on any atom is 0.332 e. The molecule has 0 aliphatic rings. The molecule has 2 aromatic carbocycles. The number of amides is 1.